The zero-order valence-electron chi connectivity index (χ0n) is 10.2. The van der Waals surface area contributed by atoms with Crippen LogP contribution in [0.3, 0.4) is 0 Å². The number of ether oxygens (including phenoxy) is 1. The van der Waals surface area contributed by atoms with Gasteiger partial charge in [0.25, 0.3) is 0 Å². The molecule has 1 aromatic heterocycles. The highest BCUT2D eigenvalue weighted by Gasteiger charge is 2.08. The molecule has 0 unspecified atom stereocenters. The van der Waals surface area contributed by atoms with Gasteiger partial charge in [-0.1, -0.05) is 18.2 Å². The van der Waals surface area contributed by atoms with Gasteiger partial charge < -0.3 is 10.1 Å². The summed E-state index contributed by atoms with van der Waals surface area (Å²) in [5, 5.41) is 3.06. The van der Waals surface area contributed by atoms with Crippen molar-refractivity contribution in [3.8, 4) is 0 Å². The molecule has 0 aliphatic carbocycles. The first-order chi connectivity index (χ1) is 8.70. The highest BCUT2D eigenvalue weighted by atomic mass is 16.5. The van der Waals surface area contributed by atoms with Crippen LogP contribution in [-0.4, -0.2) is 23.0 Å². The predicted octanol–water partition coefficient (Wildman–Crippen LogP) is 2.32. The van der Waals surface area contributed by atoms with E-state index >= 15 is 0 Å². The summed E-state index contributed by atoms with van der Waals surface area (Å²) in [6, 6.07) is 9.27. The lowest BCUT2D eigenvalue weighted by Crippen LogP contribution is -2.07. The average molecular weight is 243 g/mol. The molecule has 2 aromatic rings. The number of carbonyl (C=O) groups excluding carboxylic acids is 1. The largest absolute Gasteiger partial charge is 0.464 e. The number of hydrogen-bond donors (Lipinski definition) is 1. The highest BCUT2D eigenvalue weighted by Crippen LogP contribution is 2.17. The molecule has 18 heavy (non-hydrogen) atoms. The van der Waals surface area contributed by atoms with E-state index in [1.54, 1.807) is 0 Å². The average Bonchev–Trinajstić information content (AvgIpc) is 2.41. The molecule has 1 heterocycles. The van der Waals surface area contributed by atoms with Gasteiger partial charge in [-0.05, 0) is 24.6 Å². The van der Waals surface area contributed by atoms with E-state index in [9.17, 15) is 4.79 Å². The van der Waals surface area contributed by atoms with Crippen molar-refractivity contribution in [1.29, 1.82) is 0 Å². The number of aromatic nitrogens is 2. The standard InChI is InChI=1S/C13H13N3O2/c1-9-5-3-4-6-10(9)15-13-14-8-7-11(16-13)12(17)18-2/h3-8H,1-2H3,(H,14,15,16). The van der Waals surface area contributed by atoms with Crippen LogP contribution < -0.4 is 5.32 Å². The Morgan fingerprint density at radius 2 is 2.06 bits per heavy atom. The van der Waals surface area contributed by atoms with Gasteiger partial charge in [0.2, 0.25) is 5.95 Å². The third kappa shape index (κ3) is 2.63. The number of anilines is 2. The summed E-state index contributed by atoms with van der Waals surface area (Å²) < 4.78 is 4.61. The van der Waals surface area contributed by atoms with Crippen LogP contribution in [0.4, 0.5) is 11.6 Å². The second kappa shape index (κ2) is 5.27. The number of aryl methyl sites for hydroxylation is 1. The fourth-order valence-corrected chi connectivity index (χ4v) is 1.47. The molecule has 0 atom stereocenters. The smallest absolute Gasteiger partial charge is 0.356 e. The summed E-state index contributed by atoms with van der Waals surface area (Å²) in [6.45, 7) is 1.98. The molecule has 0 aliphatic rings. The normalized spacial score (nSPS) is 9.89. The number of carbonyl (C=O) groups is 1. The summed E-state index contributed by atoms with van der Waals surface area (Å²) in [4.78, 5) is 19.5. The van der Waals surface area contributed by atoms with Gasteiger partial charge >= 0.3 is 5.97 Å². The molecular weight excluding hydrogens is 230 g/mol. The number of esters is 1. The van der Waals surface area contributed by atoms with Crippen LogP contribution >= 0.6 is 0 Å². The molecule has 0 aliphatic heterocycles. The Morgan fingerprint density at radius 3 is 2.78 bits per heavy atom. The number of nitrogens with zero attached hydrogens (tertiary/aromatic N) is 2. The van der Waals surface area contributed by atoms with Gasteiger partial charge in [0, 0.05) is 11.9 Å². The molecule has 1 aromatic carbocycles. The number of benzene rings is 1. The van der Waals surface area contributed by atoms with Crippen LogP contribution in [-0.2, 0) is 4.74 Å². The Balaban J connectivity index is 2.25. The second-order valence-corrected chi connectivity index (χ2v) is 3.70. The lowest BCUT2D eigenvalue weighted by Gasteiger charge is -2.08. The molecule has 0 radical (unpaired) electrons. The molecule has 0 amide bonds. The van der Waals surface area contributed by atoms with Gasteiger partial charge in [0.1, 0.15) is 0 Å². The van der Waals surface area contributed by atoms with E-state index in [-0.39, 0.29) is 5.69 Å². The van der Waals surface area contributed by atoms with E-state index in [0.29, 0.717) is 5.95 Å². The summed E-state index contributed by atoms with van der Waals surface area (Å²) in [7, 11) is 1.32. The van der Waals surface area contributed by atoms with Gasteiger partial charge in [-0.25, -0.2) is 14.8 Å². The molecule has 2 rings (SSSR count). The monoisotopic (exact) mass is 243 g/mol. The molecule has 0 fully saturated rings. The van der Waals surface area contributed by atoms with Crippen LogP contribution in [0.15, 0.2) is 36.5 Å². The maximum Gasteiger partial charge on any atom is 0.356 e. The lowest BCUT2D eigenvalue weighted by molar-refractivity contribution is 0.0594. The van der Waals surface area contributed by atoms with E-state index in [4.69, 9.17) is 0 Å². The maximum absolute atomic E-state index is 11.3. The molecule has 0 spiro atoms. The van der Waals surface area contributed by atoms with Gasteiger partial charge in [-0.2, -0.15) is 0 Å². The number of methoxy groups -OCH3 is 1. The first-order valence-electron chi connectivity index (χ1n) is 5.44. The number of para-hydroxylation sites is 1. The Labute approximate surface area is 105 Å². The van der Waals surface area contributed by atoms with Crippen LogP contribution in [0.2, 0.25) is 0 Å². The number of rotatable bonds is 3. The van der Waals surface area contributed by atoms with Crippen molar-refractivity contribution >= 4 is 17.6 Å². The Hall–Kier alpha value is -2.43. The summed E-state index contributed by atoms with van der Waals surface area (Å²) in [5.74, 6) is -0.113. The SMILES string of the molecule is COC(=O)c1ccnc(Nc2ccccc2C)n1. The Kier molecular flexibility index (Phi) is 3.52. The minimum absolute atomic E-state index is 0.226. The van der Waals surface area contributed by atoms with Crippen LogP contribution in [0.1, 0.15) is 16.1 Å². The Morgan fingerprint density at radius 1 is 1.28 bits per heavy atom. The van der Waals surface area contributed by atoms with Crippen LogP contribution in [0.25, 0.3) is 0 Å². The quantitative estimate of drug-likeness (QED) is 0.838. The fourth-order valence-electron chi connectivity index (χ4n) is 1.47. The van der Waals surface area contributed by atoms with Crippen molar-refractivity contribution in [3.63, 3.8) is 0 Å². The van der Waals surface area contributed by atoms with E-state index in [0.717, 1.165) is 11.3 Å². The second-order valence-electron chi connectivity index (χ2n) is 3.70. The molecular formula is C13H13N3O2. The third-order valence-electron chi connectivity index (χ3n) is 2.44. The van der Waals surface area contributed by atoms with E-state index in [1.165, 1.54) is 19.4 Å². The van der Waals surface area contributed by atoms with E-state index in [1.807, 2.05) is 31.2 Å². The molecule has 0 saturated heterocycles. The van der Waals surface area contributed by atoms with Crippen molar-refractivity contribution in [2.24, 2.45) is 0 Å². The minimum atomic E-state index is -0.481. The molecule has 92 valence electrons. The molecule has 0 bridgehead atoms. The van der Waals surface area contributed by atoms with Crippen molar-refractivity contribution in [1.82, 2.24) is 9.97 Å². The third-order valence-corrected chi connectivity index (χ3v) is 2.44. The van der Waals surface area contributed by atoms with Crippen molar-refractivity contribution in [2.75, 3.05) is 12.4 Å². The fraction of sp³-hybridized carbons (Fsp3) is 0.154. The van der Waals surface area contributed by atoms with Crippen molar-refractivity contribution in [3.05, 3.63) is 47.8 Å². The van der Waals surface area contributed by atoms with Gasteiger partial charge in [-0.15, -0.1) is 0 Å². The maximum atomic E-state index is 11.3. The summed E-state index contributed by atoms with van der Waals surface area (Å²) in [6.07, 6.45) is 1.51. The van der Waals surface area contributed by atoms with Crippen LogP contribution in [0.5, 0.6) is 0 Å². The zero-order valence-corrected chi connectivity index (χ0v) is 10.2. The lowest BCUT2D eigenvalue weighted by atomic mass is 10.2. The molecule has 5 heteroatoms. The summed E-state index contributed by atoms with van der Waals surface area (Å²) >= 11 is 0. The first-order valence-corrected chi connectivity index (χ1v) is 5.44. The van der Waals surface area contributed by atoms with Crippen LogP contribution in [0, 0.1) is 6.92 Å². The summed E-state index contributed by atoms with van der Waals surface area (Å²) in [5.41, 5.74) is 2.20. The number of nitrogens with one attached hydrogen (secondary N) is 1. The van der Waals surface area contributed by atoms with Gasteiger partial charge in [-0.3, -0.25) is 0 Å². The molecule has 1 N–H and O–H groups in total. The molecule has 5 nitrogen and oxygen atoms in total. The first kappa shape index (κ1) is 12.0. The van der Waals surface area contributed by atoms with Gasteiger partial charge in [0.15, 0.2) is 5.69 Å². The predicted molar refractivity (Wildman–Crippen MR) is 67.8 cm³/mol. The Bertz CT molecular complexity index is 570. The highest BCUT2D eigenvalue weighted by molar-refractivity contribution is 5.87. The number of hydrogen-bond acceptors (Lipinski definition) is 5. The van der Waals surface area contributed by atoms with Gasteiger partial charge in [0.05, 0.1) is 7.11 Å². The molecule has 0 saturated carbocycles. The topological polar surface area (TPSA) is 64.1 Å². The van der Waals surface area contributed by atoms with E-state index < -0.39 is 5.97 Å². The zero-order chi connectivity index (χ0) is 13.0. The minimum Gasteiger partial charge on any atom is -0.464 e. The van der Waals surface area contributed by atoms with Crippen molar-refractivity contribution < 1.29 is 9.53 Å². The van der Waals surface area contributed by atoms with Crippen molar-refractivity contribution in [2.45, 2.75) is 6.92 Å². The van der Waals surface area contributed by atoms with E-state index in [2.05, 4.69) is 20.0 Å².